The van der Waals surface area contributed by atoms with E-state index < -0.39 is 0 Å². The highest BCUT2D eigenvalue weighted by atomic mass is 79.9. The van der Waals surface area contributed by atoms with Crippen molar-refractivity contribution in [1.29, 1.82) is 0 Å². The van der Waals surface area contributed by atoms with Gasteiger partial charge in [0.1, 0.15) is 11.9 Å². The van der Waals surface area contributed by atoms with E-state index in [-0.39, 0.29) is 6.10 Å². The maximum Gasteiger partial charge on any atom is 0.159 e. The van der Waals surface area contributed by atoms with E-state index in [0.717, 1.165) is 34.8 Å². The minimum Gasteiger partial charge on any atom is -0.371 e. The lowest BCUT2D eigenvalue weighted by molar-refractivity contribution is 0.0699. The largest absolute Gasteiger partial charge is 0.371 e. The number of rotatable bonds is 7. The van der Waals surface area contributed by atoms with Gasteiger partial charge in [0.25, 0.3) is 0 Å². The van der Waals surface area contributed by atoms with Crippen LogP contribution < -0.4 is 5.32 Å². The molecule has 0 spiro atoms. The molecule has 19 heavy (non-hydrogen) atoms. The molecule has 0 saturated heterocycles. The molecule has 0 bridgehead atoms. The van der Waals surface area contributed by atoms with Gasteiger partial charge in [-0.05, 0) is 49.0 Å². The minimum absolute atomic E-state index is 0.0820. The quantitative estimate of drug-likeness (QED) is 0.822. The zero-order chi connectivity index (χ0) is 14.4. The van der Waals surface area contributed by atoms with E-state index >= 15 is 0 Å². The molecular formula is C14H24BrN3O. The fraction of sp³-hybridized carbons (Fsp3) is 0.714. The lowest BCUT2D eigenvalue weighted by Gasteiger charge is -2.16. The van der Waals surface area contributed by atoms with E-state index in [1.165, 1.54) is 0 Å². The summed E-state index contributed by atoms with van der Waals surface area (Å²) in [5.74, 6) is 2.15. The predicted molar refractivity (Wildman–Crippen MR) is 82.5 cm³/mol. The lowest BCUT2D eigenvalue weighted by Crippen LogP contribution is -2.13. The highest BCUT2D eigenvalue weighted by Crippen LogP contribution is 2.27. The highest BCUT2D eigenvalue weighted by Gasteiger charge is 2.16. The van der Waals surface area contributed by atoms with Crippen molar-refractivity contribution >= 4 is 21.7 Å². The number of anilines is 1. The van der Waals surface area contributed by atoms with Gasteiger partial charge >= 0.3 is 0 Å². The normalized spacial score (nSPS) is 12.8. The molecule has 1 unspecified atom stereocenters. The topological polar surface area (TPSA) is 47.0 Å². The van der Waals surface area contributed by atoms with E-state index in [1.54, 1.807) is 0 Å². The van der Waals surface area contributed by atoms with Crippen molar-refractivity contribution in [3.05, 3.63) is 16.0 Å². The Bertz CT molecular complexity index is 410. The number of hydrogen-bond donors (Lipinski definition) is 1. The minimum atomic E-state index is -0.0820. The fourth-order valence-electron chi connectivity index (χ4n) is 1.83. The summed E-state index contributed by atoms with van der Waals surface area (Å²) in [6, 6.07) is 0. The van der Waals surface area contributed by atoms with E-state index in [2.05, 4.69) is 52.0 Å². The Hall–Kier alpha value is -0.680. The van der Waals surface area contributed by atoms with Gasteiger partial charge in [0, 0.05) is 13.2 Å². The highest BCUT2D eigenvalue weighted by molar-refractivity contribution is 9.10. The molecule has 0 aromatic carbocycles. The van der Waals surface area contributed by atoms with E-state index in [1.807, 2.05) is 13.8 Å². The van der Waals surface area contributed by atoms with Crippen molar-refractivity contribution in [2.24, 2.45) is 5.92 Å². The van der Waals surface area contributed by atoms with Crippen molar-refractivity contribution in [2.75, 3.05) is 18.5 Å². The molecule has 0 aliphatic heterocycles. The molecule has 1 rings (SSSR count). The zero-order valence-corrected chi connectivity index (χ0v) is 14.0. The third-order valence-electron chi connectivity index (χ3n) is 2.66. The van der Waals surface area contributed by atoms with E-state index in [0.29, 0.717) is 12.5 Å². The zero-order valence-electron chi connectivity index (χ0n) is 12.5. The third kappa shape index (κ3) is 4.73. The maximum atomic E-state index is 5.59. The summed E-state index contributed by atoms with van der Waals surface area (Å²) in [5.41, 5.74) is 1.04. The summed E-state index contributed by atoms with van der Waals surface area (Å²) in [5, 5.41) is 3.27. The van der Waals surface area contributed by atoms with E-state index in [9.17, 15) is 0 Å². The van der Waals surface area contributed by atoms with Gasteiger partial charge in [-0.25, -0.2) is 9.97 Å². The average molecular weight is 330 g/mol. The smallest absolute Gasteiger partial charge is 0.159 e. The summed E-state index contributed by atoms with van der Waals surface area (Å²) >= 11 is 3.60. The Morgan fingerprint density at radius 1 is 1.21 bits per heavy atom. The Labute approximate surface area is 124 Å². The summed E-state index contributed by atoms with van der Waals surface area (Å²) < 4.78 is 6.56. The predicted octanol–water partition coefficient (Wildman–Crippen LogP) is 3.97. The van der Waals surface area contributed by atoms with Crippen LogP contribution in [-0.4, -0.2) is 23.1 Å². The molecule has 1 heterocycles. The molecule has 108 valence electrons. The Morgan fingerprint density at radius 3 is 2.42 bits per heavy atom. The number of aromatic nitrogens is 2. The molecule has 4 nitrogen and oxygen atoms in total. The van der Waals surface area contributed by atoms with Crippen LogP contribution in [0.25, 0.3) is 0 Å². The molecule has 1 atom stereocenters. The van der Waals surface area contributed by atoms with Crippen LogP contribution in [0.4, 0.5) is 5.82 Å². The molecule has 1 aromatic rings. The van der Waals surface area contributed by atoms with Crippen LogP contribution in [0.3, 0.4) is 0 Å². The first kappa shape index (κ1) is 16.4. The lowest BCUT2D eigenvalue weighted by atomic mass is 10.1. The standard InChI is InChI=1S/C14H24BrN3O/c1-6-16-14-12(15)11(8-9(3)4)17-13(18-14)10(5)19-7-2/h9-10H,6-8H2,1-5H3,(H,16,17,18). The van der Waals surface area contributed by atoms with Crippen LogP contribution in [0.1, 0.15) is 52.2 Å². The van der Waals surface area contributed by atoms with Gasteiger partial charge in [-0.3, -0.25) is 0 Å². The number of halogens is 1. The molecular weight excluding hydrogens is 306 g/mol. The summed E-state index contributed by atoms with van der Waals surface area (Å²) in [6.07, 6.45) is 0.842. The Balaban J connectivity index is 3.14. The van der Waals surface area contributed by atoms with Gasteiger partial charge in [-0.15, -0.1) is 0 Å². The molecule has 0 fully saturated rings. The van der Waals surface area contributed by atoms with Crippen LogP contribution in [0.5, 0.6) is 0 Å². The summed E-state index contributed by atoms with van der Waals surface area (Å²) in [4.78, 5) is 9.21. The summed E-state index contributed by atoms with van der Waals surface area (Å²) in [6.45, 7) is 11.9. The second kappa shape index (κ2) is 7.80. The van der Waals surface area contributed by atoms with Gasteiger partial charge < -0.3 is 10.1 Å². The van der Waals surface area contributed by atoms with Gasteiger partial charge in [-0.1, -0.05) is 13.8 Å². The first-order chi connectivity index (χ1) is 8.99. The fourth-order valence-corrected chi connectivity index (χ4v) is 2.30. The SMILES string of the molecule is CCNc1nc(C(C)OCC)nc(CC(C)C)c1Br. The first-order valence-corrected chi connectivity index (χ1v) is 7.70. The first-order valence-electron chi connectivity index (χ1n) is 6.91. The molecule has 0 amide bonds. The van der Waals surface area contributed by atoms with Crippen LogP contribution in [0, 0.1) is 5.92 Å². The van der Waals surface area contributed by atoms with Crippen LogP contribution in [0.2, 0.25) is 0 Å². The molecule has 0 aliphatic rings. The monoisotopic (exact) mass is 329 g/mol. The Kier molecular flexibility index (Phi) is 6.72. The molecule has 0 saturated carbocycles. The number of nitrogens with zero attached hydrogens (tertiary/aromatic N) is 2. The third-order valence-corrected chi connectivity index (χ3v) is 3.50. The molecule has 1 aromatic heterocycles. The van der Waals surface area contributed by atoms with Crippen LogP contribution in [-0.2, 0) is 11.2 Å². The van der Waals surface area contributed by atoms with Gasteiger partial charge in [0.15, 0.2) is 5.82 Å². The van der Waals surface area contributed by atoms with Crippen LogP contribution in [0.15, 0.2) is 4.47 Å². The molecule has 0 aliphatic carbocycles. The second-order valence-corrected chi connectivity index (χ2v) is 5.71. The van der Waals surface area contributed by atoms with Crippen LogP contribution >= 0.6 is 15.9 Å². The average Bonchev–Trinajstić information content (AvgIpc) is 2.34. The van der Waals surface area contributed by atoms with Crippen molar-refractivity contribution < 1.29 is 4.74 Å². The number of hydrogen-bond acceptors (Lipinski definition) is 4. The Morgan fingerprint density at radius 2 is 1.89 bits per heavy atom. The van der Waals surface area contributed by atoms with Gasteiger partial charge in [-0.2, -0.15) is 0 Å². The number of ether oxygens (including phenoxy) is 1. The van der Waals surface area contributed by atoms with Crippen molar-refractivity contribution in [3.63, 3.8) is 0 Å². The number of nitrogens with one attached hydrogen (secondary N) is 1. The molecule has 0 radical (unpaired) electrons. The summed E-state index contributed by atoms with van der Waals surface area (Å²) in [7, 11) is 0. The molecule has 5 heteroatoms. The van der Waals surface area contributed by atoms with Crippen molar-refractivity contribution in [3.8, 4) is 0 Å². The van der Waals surface area contributed by atoms with Crippen molar-refractivity contribution in [2.45, 2.75) is 47.1 Å². The van der Waals surface area contributed by atoms with Gasteiger partial charge in [0.2, 0.25) is 0 Å². The second-order valence-electron chi connectivity index (χ2n) is 4.92. The maximum absolute atomic E-state index is 5.59. The molecule has 1 N–H and O–H groups in total. The van der Waals surface area contributed by atoms with E-state index in [4.69, 9.17) is 4.74 Å². The van der Waals surface area contributed by atoms with Crippen molar-refractivity contribution in [1.82, 2.24) is 9.97 Å². The van der Waals surface area contributed by atoms with Gasteiger partial charge in [0.05, 0.1) is 10.2 Å².